The van der Waals surface area contributed by atoms with Gasteiger partial charge < -0.3 is 18.9 Å². The zero-order valence-corrected chi connectivity index (χ0v) is 17.3. The number of carbonyl (C=O) groups excluding carboxylic acids is 2. The van der Waals surface area contributed by atoms with Gasteiger partial charge in [0.25, 0.3) is 0 Å². The summed E-state index contributed by atoms with van der Waals surface area (Å²) in [6, 6.07) is 16.3. The van der Waals surface area contributed by atoms with E-state index in [1.807, 2.05) is 36.4 Å². The van der Waals surface area contributed by atoms with Gasteiger partial charge in [0.2, 0.25) is 0 Å². The van der Waals surface area contributed by atoms with Gasteiger partial charge in [-0.2, -0.15) is 0 Å². The van der Waals surface area contributed by atoms with Crippen molar-refractivity contribution in [1.82, 2.24) is 0 Å². The fourth-order valence-corrected chi connectivity index (χ4v) is 2.26. The molecule has 2 aromatic carbocycles. The van der Waals surface area contributed by atoms with Gasteiger partial charge in [0, 0.05) is 11.1 Å². The first kappa shape index (κ1) is 22.7. The molecule has 0 aliphatic rings. The molecule has 30 heavy (non-hydrogen) atoms. The van der Waals surface area contributed by atoms with E-state index in [1.165, 1.54) is 0 Å². The molecule has 0 radical (unpaired) electrons. The van der Waals surface area contributed by atoms with E-state index in [9.17, 15) is 9.59 Å². The van der Waals surface area contributed by atoms with Crippen LogP contribution in [0.2, 0.25) is 0 Å². The summed E-state index contributed by atoms with van der Waals surface area (Å²) in [5.41, 5.74) is 1.39. The highest BCUT2D eigenvalue weighted by Gasteiger charge is 2.17. The van der Waals surface area contributed by atoms with Gasteiger partial charge in [-0.15, -0.1) is 0 Å². The molecule has 2 rings (SSSR count). The topological polar surface area (TPSA) is 71.1 Å². The quantitative estimate of drug-likeness (QED) is 0.407. The second kappa shape index (κ2) is 11.5. The summed E-state index contributed by atoms with van der Waals surface area (Å²) >= 11 is 0. The number of carbonyl (C=O) groups is 2. The number of hydrogen-bond donors (Lipinski definition) is 0. The molecule has 0 heterocycles. The highest BCUT2D eigenvalue weighted by atomic mass is 16.6. The Morgan fingerprint density at radius 2 is 1.43 bits per heavy atom. The Kier molecular flexibility index (Phi) is 8.69. The van der Waals surface area contributed by atoms with Crippen molar-refractivity contribution in [3.8, 4) is 11.5 Å². The molecular weight excluding hydrogens is 384 g/mol. The van der Waals surface area contributed by atoms with Crippen molar-refractivity contribution in [2.75, 3.05) is 13.2 Å². The lowest BCUT2D eigenvalue weighted by Gasteiger charge is -2.19. The monoisotopic (exact) mass is 410 g/mol. The number of benzene rings is 2. The van der Waals surface area contributed by atoms with Crippen LogP contribution in [0.5, 0.6) is 11.5 Å². The summed E-state index contributed by atoms with van der Waals surface area (Å²) in [7, 11) is 0. The molecule has 0 saturated heterocycles. The van der Waals surface area contributed by atoms with Gasteiger partial charge in [0.1, 0.15) is 31.3 Å². The lowest BCUT2D eigenvalue weighted by molar-refractivity contribution is -0.147. The Balaban J connectivity index is 1.96. The molecule has 0 aliphatic carbocycles. The normalized spacial score (nSPS) is 11.1. The Bertz CT molecular complexity index is 888. The first-order valence-electron chi connectivity index (χ1n) is 9.44. The minimum absolute atomic E-state index is 0.0842. The maximum absolute atomic E-state index is 11.9. The molecule has 0 fully saturated rings. The molecule has 6 heteroatoms. The second-order valence-corrected chi connectivity index (χ2v) is 6.75. The third-order valence-corrected chi connectivity index (χ3v) is 3.85. The van der Waals surface area contributed by atoms with Gasteiger partial charge in [-0.1, -0.05) is 43.5 Å². The number of esters is 2. The van der Waals surface area contributed by atoms with Crippen LogP contribution >= 0.6 is 0 Å². The van der Waals surface area contributed by atoms with E-state index >= 15 is 0 Å². The van der Waals surface area contributed by atoms with Crippen molar-refractivity contribution in [2.45, 2.75) is 26.6 Å². The molecular formula is C24H26O6. The Hall–Kier alpha value is -3.54. The molecule has 6 nitrogen and oxygen atoms in total. The van der Waals surface area contributed by atoms with Crippen LogP contribution < -0.4 is 9.47 Å². The standard InChI is InChI=1S/C24H26O6/c1-17(2)23(25)29-14-19-9-8-12-21(13-19)28-16-22(30-24(26)18(3)4)15-27-20-10-6-5-7-11-20/h5-13,22H,1,3,14-16H2,2,4H3. The number of rotatable bonds is 11. The molecule has 0 aromatic heterocycles. The molecule has 2 aromatic rings. The number of hydrogen-bond acceptors (Lipinski definition) is 6. The van der Waals surface area contributed by atoms with E-state index in [1.54, 1.807) is 32.0 Å². The predicted molar refractivity (Wildman–Crippen MR) is 113 cm³/mol. The highest BCUT2D eigenvalue weighted by molar-refractivity contribution is 5.87. The van der Waals surface area contributed by atoms with Crippen molar-refractivity contribution in [3.05, 3.63) is 84.5 Å². The first-order chi connectivity index (χ1) is 14.3. The van der Waals surface area contributed by atoms with E-state index in [0.717, 1.165) is 5.56 Å². The maximum Gasteiger partial charge on any atom is 0.333 e. The van der Waals surface area contributed by atoms with E-state index in [4.69, 9.17) is 18.9 Å². The average molecular weight is 410 g/mol. The summed E-state index contributed by atoms with van der Waals surface area (Å²) in [5.74, 6) is 0.247. The lowest BCUT2D eigenvalue weighted by Crippen LogP contribution is -2.31. The molecule has 158 valence electrons. The van der Waals surface area contributed by atoms with Gasteiger partial charge in [-0.25, -0.2) is 9.59 Å². The van der Waals surface area contributed by atoms with Crippen LogP contribution in [0.3, 0.4) is 0 Å². The number of para-hydroxylation sites is 1. The second-order valence-electron chi connectivity index (χ2n) is 6.75. The molecule has 0 spiro atoms. The van der Waals surface area contributed by atoms with E-state index in [-0.39, 0.29) is 19.8 Å². The molecule has 1 atom stereocenters. The SMILES string of the molecule is C=C(C)C(=O)OCc1cccc(OCC(COc2ccccc2)OC(=O)C(=C)C)c1. The van der Waals surface area contributed by atoms with E-state index < -0.39 is 18.0 Å². The fraction of sp³-hybridized carbons (Fsp3) is 0.250. The van der Waals surface area contributed by atoms with Crippen LogP contribution in [0, 0.1) is 0 Å². The first-order valence-corrected chi connectivity index (χ1v) is 9.44. The van der Waals surface area contributed by atoms with Crippen LogP contribution in [0.25, 0.3) is 0 Å². The van der Waals surface area contributed by atoms with Crippen molar-refractivity contribution in [1.29, 1.82) is 0 Å². The zero-order valence-electron chi connectivity index (χ0n) is 17.3. The van der Waals surface area contributed by atoms with E-state index in [0.29, 0.717) is 22.6 Å². The van der Waals surface area contributed by atoms with Crippen LogP contribution in [0.15, 0.2) is 78.9 Å². The van der Waals surface area contributed by atoms with Crippen LogP contribution in [0.4, 0.5) is 0 Å². The zero-order chi connectivity index (χ0) is 21.9. The van der Waals surface area contributed by atoms with Gasteiger partial charge in [-0.3, -0.25) is 0 Å². The van der Waals surface area contributed by atoms with Crippen LogP contribution in [-0.4, -0.2) is 31.3 Å². The van der Waals surface area contributed by atoms with E-state index in [2.05, 4.69) is 13.2 Å². The molecule has 1 unspecified atom stereocenters. The van der Waals surface area contributed by atoms with Crippen molar-refractivity contribution in [3.63, 3.8) is 0 Å². The molecule has 0 bridgehead atoms. The predicted octanol–water partition coefficient (Wildman–Crippen LogP) is 4.25. The van der Waals surface area contributed by atoms with Crippen LogP contribution in [-0.2, 0) is 25.7 Å². The molecule has 0 saturated carbocycles. The Labute approximate surface area is 176 Å². The lowest BCUT2D eigenvalue weighted by atomic mass is 10.2. The molecule has 0 N–H and O–H groups in total. The highest BCUT2D eigenvalue weighted by Crippen LogP contribution is 2.16. The summed E-state index contributed by atoms with van der Waals surface area (Å²) in [5, 5.41) is 0. The fourth-order valence-electron chi connectivity index (χ4n) is 2.26. The summed E-state index contributed by atoms with van der Waals surface area (Å²) in [6.45, 7) is 10.6. The van der Waals surface area contributed by atoms with Crippen LogP contribution in [0.1, 0.15) is 19.4 Å². The molecule has 0 aliphatic heterocycles. The van der Waals surface area contributed by atoms with Crippen molar-refractivity contribution in [2.24, 2.45) is 0 Å². The summed E-state index contributed by atoms with van der Waals surface area (Å²) < 4.78 is 22.0. The summed E-state index contributed by atoms with van der Waals surface area (Å²) in [4.78, 5) is 23.5. The van der Waals surface area contributed by atoms with Gasteiger partial charge >= 0.3 is 11.9 Å². The Morgan fingerprint density at radius 1 is 0.833 bits per heavy atom. The minimum Gasteiger partial charge on any atom is -0.490 e. The third kappa shape index (κ3) is 7.83. The third-order valence-electron chi connectivity index (χ3n) is 3.85. The maximum atomic E-state index is 11.9. The smallest absolute Gasteiger partial charge is 0.333 e. The average Bonchev–Trinajstić information content (AvgIpc) is 2.74. The van der Waals surface area contributed by atoms with Gasteiger partial charge in [0.05, 0.1) is 0 Å². The summed E-state index contributed by atoms with van der Waals surface area (Å²) in [6.07, 6.45) is -0.640. The number of ether oxygens (including phenoxy) is 4. The minimum atomic E-state index is -0.640. The molecule has 0 amide bonds. The Morgan fingerprint density at radius 3 is 2.07 bits per heavy atom. The van der Waals surface area contributed by atoms with Crippen molar-refractivity contribution < 1.29 is 28.5 Å². The van der Waals surface area contributed by atoms with Gasteiger partial charge in [0.15, 0.2) is 6.10 Å². The van der Waals surface area contributed by atoms with Crippen molar-refractivity contribution >= 4 is 11.9 Å². The van der Waals surface area contributed by atoms with Gasteiger partial charge in [-0.05, 0) is 43.7 Å². The largest absolute Gasteiger partial charge is 0.490 e.